The second kappa shape index (κ2) is 5.99. The number of fused-ring (bicyclic) bond motifs is 1. The Kier molecular flexibility index (Phi) is 3.68. The van der Waals surface area contributed by atoms with Gasteiger partial charge in [-0.1, -0.05) is 78.3 Å². The number of hydrogen-bond acceptors (Lipinski definition) is 1. The molecule has 0 saturated heterocycles. The van der Waals surface area contributed by atoms with Gasteiger partial charge in [0.15, 0.2) is 0 Å². The van der Waals surface area contributed by atoms with Crippen molar-refractivity contribution >= 4 is 34.3 Å². The number of hydrogen-bond donors (Lipinski definition) is 1. The van der Waals surface area contributed by atoms with Gasteiger partial charge in [-0.2, -0.15) is 0 Å². The molecule has 0 spiro atoms. The summed E-state index contributed by atoms with van der Waals surface area (Å²) in [5.74, 6) is -0.102. The van der Waals surface area contributed by atoms with E-state index in [4.69, 9.17) is 11.6 Å². The second-order valence-electron chi connectivity index (χ2n) is 5.63. The van der Waals surface area contributed by atoms with Crippen molar-refractivity contribution < 1.29 is 4.79 Å². The summed E-state index contributed by atoms with van der Waals surface area (Å²) in [6, 6.07) is 25.5. The highest BCUT2D eigenvalue weighted by Gasteiger charge is 2.28. The lowest BCUT2D eigenvalue weighted by Crippen LogP contribution is -2.06. The molecule has 2 nitrogen and oxygen atoms in total. The largest absolute Gasteiger partial charge is 0.321 e. The van der Waals surface area contributed by atoms with Crippen LogP contribution in [0.5, 0.6) is 0 Å². The van der Waals surface area contributed by atoms with Crippen molar-refractivity contribution in [2.75, 3.05) is 5.32 Å². The van der Waals surface area contributed by atoms with E-state index in [0.29, 0.717) is 10.6 Å². The minimum atomic E-state index is -0.102. The Morgan fingerprint density at radius 2 is 1.38 bits per heavy atom. The highest BCUT2D eigenvalue weighted by Crippen LogP contribution is 2.40. The fraction of sp³-hybridized carbons (Fsp3) is 0. The number of nitrogens with one attached hydrogen (secondary N) is 1. The summed E-state index contributed by atoms with van der Waals surface area (Å²) in [5, 5.41) is 3.53. The van der Waals surface area contributed by atoms with E-state index in [1.807, 2.05) is 72.8 Å². The van der Waals surface area contributed by atoms with Gasteiger partial charge in [0.2, 0.25) is 0 Å². The molecule has 0 fully saturated rings. The van der Waals surface area contributed by atoms with Crippen molar-refractivity contribution in [1.29, 1.82) is 0 Å². The van der Waals surface area contributed by atoms with Crippen LogP contribution < -0.4 is 5.32 Å². The molecule has 1 aliphatic heterocycles. The number of carbonyl (C=O) groups excluding carboxylic acids is 1. The molecule has 4 rings (SSSR count). The van der Waals surface area contributed by atoms with E-state index in [9.17, 15) is 4.79 Å². The fourth-order valence-corrected chi connectivity index (χ4v) is 3.23. The van der Waals surface area contributed by atoms with Crippen LogP contribution in [0, 0.1) is 0 Å². The van der Waals surface area contributed by atoms with E-state index in [2.05, 4.69) is 5.32 Å². The van der Waals surface area contributed by atoms with Crippen LogP contribution in [0.2, 0.25) is 5.02 Å². The normalized spacial score (nSPS) is 12.7. The van der Waals surface area contributed by atoms with Gasteiger partial charge in [-0.15, -0.1) is 0 Å². The molecule has 0 unspecified atom stereocenters. The summed E-state index contributed by atoms with van der Waals surface area (Å²) in [6.07, 6.45) is 0. The predicted octanol–water partition coefficient (Wildman–Crippen LogP) is 5.25. The van der Waals surface area contributed by atoms with Crippen molar-refractivity contribution in [3.8, 4) is 0 Å². The molecule has 1 N–H and O–H groups in total. The van der Waals surface area contributed by atoms with Crippen LogP contribution in [0.15, 0.2) is 78.9 Å². The Hall–Kier alpha value is -2.84. The molecule has 1 amide bonds. The number of halogens is 1. The van der Waals surface area contributed by atoms with Gasteiger partial charge in [0.05, 0.1) is 11.3 Å². The molecule has 0 bridgehead atoms. The third-order valence-electron chi connectivity index (χ3n) is 4.10. The Balaban J connectivity index is 2.04. The number of rotatable bonds is 2. The highest BCUT2D eigenvalue weighted by molar-refractivity contribution is 6.39. The van der Waals surface area contributed by atoms with E-state index in [1.165, 1.54) is 0 Å². The van der Waals surface area contributed by atoms with E-state index in [-0.39, 0.29) is 5.91 Å². The van der Waals surface area contributed by atoms with Crippen LogP contribution >= 0.6 is 11.6 Å². The van der Waals surface area contributed by atoms with Crippen molar-refractivity contribution in [1.82, 2.24) is 0 Å². The average Bonchev–Trinajstić information content (AvgIpc) is 2.92. The Morgan fingerprint density at radius 1 is 0.792 bits per heavy atom. The first-order valence-electron chi connectivity index (χ1n) is 7.70. The standard InChI is InChI=1S/C21H14ClNO/c22-16-11-12-17-18(13-16)23-21(24)20(17)19(14-7-3-1-4-8-14)15-9-5-2-6-10-15/h1-13H,(H,23,24). The molecule has 116 valence electrons. The van der Waals surface area contributed by atoms with Gasteiger partial charge >= 0.3 is 0 Å². The summed E-state index contributed by atoms with van der Waals surface area (Å²) in [7, 11) is 0. The summed E-state index contributed by atoms with van der Waals surface area (Å²) >= 11 is 6.07. The molecule has 3 aromatic carbocycles. The summed E-state index contributed by atoms with van der Waals surface area (Å²) in [6.45, 7) is 0. The zero-order chi connectivity index (χ0) is 16.5. The van der Waals surface area contributed by atoms with Gasteiger partial charge in [0.25, 0.3) is 5.91 Å². The van der Waals surface area contributed by atoms with Crippen molar-refractivity contribution in [3.63, 3.8) is 0 Å². The van der Waals surface area contributed by atoms with E-state index in [1.54, 1.807) is 6.07 Å². The third kappa shape index (κ3) is 2.51. The maximum absolute atomic E-state index is 12.7. The molecule has 0 radical (unpaired) electrons. The zero-order valence-electron chi connectivity index (χ0n) is 12.8. The summed E-state index contributed by atoms with van der Waals surface area (Å²) in [5.41, 5.74) is 5.26. The van der Waals surface area contributed by atoms with Gasteiger partial charge in [-0.3, -0.25) is 4.79 Å². The van der Waals surface area contributed by atoms with Crippen LogP contribution in [-0.2, 0) is 4.79 Å². The van der Waals surface area contributed by atoms with E-state index in [0.717, 1.165) is 28.0 Å². The molecular formula is C21H14ClNO. The minimum Gasteiger partial charge on any atom is -0.321 e. The molecule has 0 saturated carbocycles. The lowest BCUT2D eigenvalue weighted by Gasteiger charge is -2.12. The average molecular weight is 332 g/mol. The summed E-state index contributed by atoms with van der Waals surface area (Å²) < 4.78 is 0. The first kappa shape index (κ1) is 14.7. The fourth-order valence-electron chi connectivity index (χ4n) is 3.06. The zero-order valence-corrected chi connectivity index (χ0v) is 13.5. The smallest absolute Gasteiger partial charge is 0.257 e. The Labute approximate surface area is 145 Å². The van der Waals surface area contributed by atoms with Gasteiger partial charge in [-0.25, -0.2) is 0 Å². The molecular weight excluding hydrogens is 318 g/mol. The topological polar surface area (TPSA) is 29.1 Å². The number of amides is 1. The summed E-state index contributed by atoms with van der Waals surface area (Å²) in [4.78, 5) is 12.7. The molecule has 3 aromatic rings. The predicted molar refractivity (Wildman–Crippen MR) is 98.9 cm³/mol. The van der Waals surface area contributed by atoms with Crippen LogP contribution in [-0.4, -0.2) is 5.91 Å². The van der Waals surface area contributed by atoms with Gasteiger partial charge in [-0.05, 0) is 23.3 Å². The van der Waals surface area contributed by atoms with Crippen molar-refractivity contribution in [2.24, 2.45) is 0 Å². The third-order valence-corrected chi connectivity index (χ3v) is 4.34. The van der Waals surface area contributed by atoms with E-state index < -0.39 is 0 Å². The second-order valence-corrected chi connectivity index (χ2v) is 6.06. The van der Waals surface area contributed by atoms with Crippen molar-refractivity contribution in [2.45, 2.75) is 0 Å². The maximum atomic E-state index is 12.7. The Bertz CT molecular complexity index is 905. The number of carbonyl (C=O) groups is 1. The first-order chi connectivity index (χ1) is 11.7. The maximum Gasteiger partial charge on any atom is 0.257 e. The van der Waals surface area contributed by atoms with Gasteiger partial charge in [0.1, 0.15) is 0 Å². The molecule has 0 atom stereocenters. The molecule has 1 aliphatic rings. The monoisotopic (exact) mass is 331 g/mol. The minimum absolute atomic E-state index is 0.102. The van der Waals surface area contributed by atoms with Crippen LogP contribution in [0.25, 0.3) is 11.1 Å². The van der Waals surface area contributed by atoms with Gasteiger partial charge < -0.3 is 5.32 Å². The highest BCUT2D eigenvalue weighted by atomic mass is 35.5. The van der Waals surface area contributed by atoms with Crippen LogP contribution in [0.3, 0.4) is 0 Å². The molecule has 0 aliphatic carbocycles. The van der Waals surface area contributed by atoms with Gasteiger partial charge in [0, 0.05) is 16.2 Å². The molecule has 1 heterocycles. The first-order valence-corrected chi connectivity index (χ1v) is 8.08. The lowest BCUT2D eigenvalue weighted by molar-refractivity contribution is -0.110. The lowest BCUT2D eigenvalue weighted by atomic mass is 9.90. The Morgan fingerprint density at radius 3 is 1.96 bits per heavy atom. The molecule has 3 heteroatoms. The van der Waals surface area contributed by atoms with Crippen molar-refractivity contribution in [3.05, 3.63) is 101 Å². The van der Waals surface area contributed by atoms with Crippen LogP contribution in [0.4, 0.5) is 5.69 Å². The number of anilines is 1. The molecule has 24 heavy (non-hydrogen) atoms. The number of benzene rings is 3. The molecule has 0 aromatic heterocycles. The SMILES string of the molecule is O=C1Nc2cc(Cl)ccc2C1=C(c1ccccc1)c1ccccc1. The van der Waals surface area contributed by atoms with Crippen LogP contribution in [0.1, 0.15) is 16.7 Å². The van der Waals surface area contributed by atoms with E-state index >= 15 is 0 Å². The quantitative estimate of drug-likeness (QED) is 0.638.